The summed E-state index contributed by atoms with van der Waals surface area (Å²) in [5.74, 6) is -1.97. The second kappa shape index (κ2) is 6.70. The molecule has 1 atom stereocenters. The van der Waals surface area contributed by atoms with Crippen LogP contribution in [0.2, 0.25) is 0 Å². The summed E-state index contributed by atoms with van der Waals surface area (Å²) in [5.41, 5.74) is 1.06. The zero-order valence-electron chi connectivity index (χ0n) is 11.4. The van der Waals surface area contributed by atoms with E-state index in [0.717, 1.165) is 5.56 Å². The van der Waals surface area contributed by atoms with Crippen molar-refractivity contribution in [3.05, 3.63) is 65.5 Å². The van der Waals surface area contributed by atoms with Crippen molar-refractivity contribution in [1.82, 2.24) is 0 Å². The number of carbonyl (C=O) groups excluding carboxylic acids is 1. The molecule has 0 radical (unpaired) electrons. The van der Waals surface area contributed by atoms with Crippen LogP contribution in [-0.2, 0) is 9.59 Å². The van der Waals surface area contributed by atoms with Crippen LogP contribution < -0.4 is 0 Å². The molecule has 0 fully saturated rings. The van der Waals surface area contributed by atoms with Gasteiger partial charge in [0, 0.05) is 11.5 Å². The third-order valence-electron chi connectivity index (χ3n) is 3.29. The van der Waals surface area contributed by atoms with Crippen LogP contribution in [0.5, 0.6) is 0 Å². The highest BCUT2D eigenvalue weighted by Gasteiger charge is 2.27. The molecule has 108 valence electrons. The van der Waals surface area contributed by atoms with Crippen molar-refractivity contribution in [1.29, 1.82) is 0 Å². The molecule has 4 nitrogen and oxygen atoms in total. The number of hydrogen-bond acceptors (Lipinski definition) is 3. The minimum absolute atomic E-state index is 0.167. The van der Waals surface area contributed by atoms with Gasteiger partial charge in [-0.25, -0.2) is 0 Å². The lowest BCUT2D eigenvalue weighted by molar-refractivity contribution is -0.137. The number of ketones is 1. The standard InChI is InChI=1S/C17H16O4/c18-14-8-4-7-13(11-16(20)21)17(14)15(19)10-9-12-5-2-1-3-6-12/h1-6,8-10,13,19H,7,11H2,(H,20,21)/b10-9+,17-15?/t13-/m1/s1. The Morgan fingerprint density at radius 1 is 1.24 bits per heavy atom. The summed E-state index contributed by atoms with van der Waals surface area (Å²) in [4.78, 5) is 22.8. The number of benzene rings is 1. The Balaban J connectivity index is 2.28. The van der Waals surface area contributed by atoms with Crippen LogP contribution in [-0.4, -0.2) is 22.0 Å². The van der Waals surface area contributed by atoms with Crippen molar-refractivity contribution in [3.63, 3.8) is 0 Å². The Kier molecular flexibility index (Phi) is 4.72. The van der Waals surface area contributed by atoms with E-state index < -0.39 is 11.9 Å². The number of aliphatic hydroxyl groups is 1. The number of carboxylic acids is 1. The van der Waals surface area contributed by atoms with Crippen LogP contribution >= 0.6 is 0 Å². The molecule has 0 saturated carbocycles. The Labute approximate surface area is 122 Å². The SMILES string of the molecule is O=C(O)C[C@H]1CC=CC(=O)C1=C(O)/C=C/c1ccccc1. The van der Waals surface area contributed by atoms with Gasteiger partial charge in [-0.15, -0.1) is 0 Å². The Morgan fingerprint density at radius 2 is 1.95 bits per heavy atom. The summed E-state index contributed by atoms with van der Waals surface area (Å²) in [6.07, 6.45) is 6.42. The quantitative estimate of drug-likeness (QED) is 0.658. The van der Waals surface area contributed by atoms with E-state index in [0.29, 0.717) is 6.42 Å². The summed E-state index contributed by atoms with van der Waals surface area (Å²) in [7, 11) is 0. The van der Waals surface area contributed by atoms with E-state index in [1.165, 1.54) is 12.2 Å². The maximum absolute atomic E-state index is 11.9. The molecule has 4 heteroatoms. The van der Waals surface area contributed by atoms with Gasteiger partial charge in [0.2, 0.25) is 0 Å². The molecule has 0 saturated heterocycles. The van der Waals surface area contributed by atoms with E-state index in [9.17, 15) is 14.7 Å². The van der Waals surface area contributed by atoms with Crippen LogP contribution in [0.4, 0.5) is 0 Å². The fourth-order valence-electron chi connectivity index (χ4n) is 2.31. The van der Waals surface area contributed by atoms with E-state index in [1.54, 1.807) is 12.2 Å². The number of aliphatic carboxylic acids is 1. The first-order valence-electron chi connectivity index (χ1n) is 6.67. The number of carboxylic acid groups (broad SMARTS) is 1. The zero-order valence-corrected chi connectivity index (χ0v) is 11.4. The highest BCUT2D eigenvalue weighted by atomic mass is 16.4. The van der Waals surface area contributed by atoms with Crippen molar-refractivity contribution in [3.8, 4) is 0 Å². The lowest BCUT2D eigenvalue weighted by Gasteiger charge is -2.19. The minimum atomic E-state index is -0.986. The molecule has 0 unspecified atom stereocenters. The van der Waals surface area contributed by atoms with E-state index in [2.05, 4.69) is 0 Å². The molecule has 21 heavy (non-hydrogen) atoms. The fraction of sp³-hybridized carbons (Fsp3) is 0.176. The highest BCUT2D eigenvalue weighted by Crippen LogP contribution is 2.28. The molecule has 1 aliphatic carbocycles. The molecular formula is C17H16O4. The van der Waals surface area contributed by atoms with Gasteiger partial charge in [-0.3, -0.25) is 9.59 Å². The number of hydrogen-bond donors (Lipinski definition) is 2. The third-order valence-corrected chi connectivity index (χ3v) is 3.29. The molecule has 0 aromatic heterocycles. The third kappa shape index (κ3) is 3.92. The van der Waals surface area contributed by atoms with Gasteiger partial charge in [0.05, 0.1) is 6.42 Å². The van der Waals surface area contributed by atoms with E-state index in [1.807, 2.05) is 30.3 Å². The van der Waals surface area contributed by atoms with Gasteiger partial charge in [-0.05, 0) is 24.1 Å². The molecule has 1 aromatic carbocycles. The van der Waals surface area contributed by atoms with Gasteiger partial charge < -0.3 is 10.2 Å². The summed E-state index contributed by atoms with van der Waals surface area (Å²) < 4.78 is 0. The Hall–Kier alpha value is -2.62. The molecule has 0 heterocycles. The Morgan fingerprint density at radius 3 is 2.62 bits per heavy atom. The molecule has 0 spiro atoms. The van der Waals surface area contributed by atoms with E-state index in [4.69, 9.17) is 5.11 Å². The predicted octanol–water partition coefficient (Wildman–Crippen LogP) is 3.13. The van der Waals surface area contributed by atoms with Crippen molar-refractivity contribution < 1.29 is 19.8 Å². The average Bonchev–Trinajstić information content (AvgIpc) is 2.45. The molecule has 2 rings (SSSR count). The van der Waals surface area contributed by atoms with Gasteiger partial charge >= 0.3 is 5.97 Å². The first kappa shape index (κ1) is 14.8. The second-order valence-electron chi connectivity index (χ2n) is 4.84. The van der Waals surface area contributed by atoms with Gasteiger partial charge in [0.25, 0.3) is 0 Å². The Bertz CT molecular complexity index is 623. The van der Waals surface area contributed by atoms with Gasteiger partial charge in [-0.1, -0.05) is 42.5 Å². The monoisotopic (exact) mass is 284 g/mol. The molecular weight excluding hydrogens is 268 g/mol. The van der Waals surface area contributed by atoms with E-state index in [-0.39, 0.29) is 23.5 Å². The van der Waals surface area contributed by atoms with Crippen LogP contribution in [0.15, 0.2) is 59.9 Å². The van der Waals surface area contributed by atoms with Crippen LogP contribution in [0.3, 0.4) is 0 Å². The predicted molar refractivity (Wildman–Crippen MR) is 79.6 cm³/mol. The van der Waals surface area contributed by atoms with Crippen molar-refractivity contribution in [2.75, 3.05) is 0 Å². The maximum atomic E-state index is 11.9. The summed E-state index contributed by atoms with van der Waals surface area (Å²) >= 11 is 0. The van der Waals surface area contributed by atoms with Crippen molar-refractivity contribution in [2.45, 2.75) is 12.8 Å². The van der Waals surface area contributed by atoms with Gasteiger partial charge in [0.1, 0.15) is 5.76 Å². The lowest BCUT2D eigenvalue weighted by atomic mass is 9.84. The topological polar surface area (TPSA) is 74.6 Å². The second-order valence-corrected chi connectivity index (χ2v) is 4.84. The number of allylic oxidation sites excluding steroid dienone is 4. The molecule has 0 amide bonds. The first-order chi connectivity index (χ1) is 10.1. The maximum Gasteiger partial charge on any atom is 0.303 e. The van der Waals surface area contributed by atoms with Gasteiger partial charge in [-0.2, -0.15) is 0 Å². The van der Waals surface area contributed by atoms with E-state index >= 15 is 0 Å². The number of aliphatic hydroxyl groups excluding tert-OH is 1. The first-order valence-corrected chi connectivity index (χ1v) is 6.67. The molecule has 0 bridgehead atoms. The average molecular weight is 284 g/mol. The fourth-order valence-corrected chi connectivity index (χ4v) is 2.31. The molecule has 1 aliphatic rings. The number of carbonyl (C=O) groups is 2. The molecule has 1 aromatic rings. The normalized spacial score (nSPS) is 20.8. The summed E-state index contributed by atoms with van der Waals surface area (Å²) in [6.45, 7) is 0. The molecule has 0 aliphatic heterocycles. The smallest absolute Gasteiger partial charge is 0.303 e. The lowest BCUT2D eigenvalue weighted by Crippen LogP contribution is -2.20. The van der Waals surface area contributed by atoms with Crippen molar-refractivity contribution in [2.24, 2.45) is 5.92 Å². The largest absolute Gasteiger partial charge is 0.508 e. The van der Waals surface area contributed by atoms with Crippen LogP contribution in [0.1, 0.15) is 18.4 Å². The van der Waals surface area contributed by atoms with Gasteiger partial charge in [0.15, 0.2) is 5.78 Å². The zero-order chi connectivity index (χ0) is 15.2. The highest BCUT2D eigenvalue weighted by molar-refractivity contribution is 6.06. The summed E-state index contributed by atoms with van der Waals surface area (Å²) in [6, 6.07) is 9.35. The summed E-state index contributed by atoms with van der Waals surface area (Å²) in [5, 5.41) is 19.0. The van der Waals surface area contributed by atoms with Crippen LogP contribution in [0, 0.1) is 5.92 Å². The van der Waals surface area contributed by atoms with Crippen molar-refractivity contribution >= 4 is 17.8 Å². The number of rotatable bonds is 4. The van der Waals surface area contributed by atoms with Crippen LogP contribution in [0.25, 0.3) is 6.08 Å². The minimum Gasteiger partial charge on any atom is -0.508 e. The molecule has 2 N–H and O–H groups in total.